The smallest absolute Gasteiger partial charge is 0.254 e. The second-order valence-corrected chi connectivity index (χ2v) is 8.22. The first-order chi connectivity index (χ1) is 13.8. The van der Waals surface area contributed by atoms with Gasteiger partial charge in [-0.1, -0.05) is 44.9 Å². The second kappa shape index (κ2) is 10.8. The Kier molecular flexibility index (Phi) is 8.50. The van der Waals surface area contributed by atoms with Crippen LogP contribution in [0.25, 0.3) is 0 Å². The van der Waals surface area contributed by atoms with Gasteiger partial charge in [-0.3, -0.25) is 9.59 Å². The molecule has 0 aliphatic carbocycles. The van der Waals surface area contributed by atoms with Crippen LogP contribution in [-0.2, 0) is 18.4 Å². The van der Waals surface area contributed by atoms with E-state index in [2.05, 4.69) is 20.8 Å². The third-order valence-electron chi connectivity index (χ3n) is 5.04. The predicted octanol–water partition coefficient (Wildman–Crippen LogP) is 4.26. The van der Waals surface area contributed by atoms with Gasteiger partial charge in [0.1, 0.15) is 6.54 Å². The van der Waals surface area contributed by atoms with Crippen LogP contribution in [0.4, 0.5) is 0 Å². The van der Waals surface area contributed by atoms with Crippen LogP contribution < -0.4 is 0 Å². The molecule has 0 saturated heterocycles. The van der Waals surface area contributed by atoms with E-state index >= 15 is 0 Å². The summed E-state index contributed by atoms with van der Waals surface area (Å²) < 4.78 is 2.03. The highest BCUT2D eigenvalue weighted by Gasteiger charge is 2.23. The normalized spacial score (nSPS) is 11.0. The van der Waals surface area contributed by atoms with Crippen molar-refractivity contribution < 1.29 is 9.59 Å². The summed E-state index contributed by atoms with van der Waals surface area (Å²) in [5.74, 6) is 0.280. The van der Waals surface area contributed by atoms with E-state index in [0.717, 1.165) is 24.1 Å². The Labute approximate surface area is 175 Å². The van der Waals surface area contributed by atoms with Gasteiger partial charge in [-0.2, -0.15) is 0 Å². The number of carbonyl (C=O) groups excluding carboxylic acids is 2. The number of hydrogen-bond donors (Lipinski definition) is 0. The largest absolute Gasteiger partial charge is 0.353 e. The zero-order valence-electron chi connectivity index (χ0n) is 18.5. The average molecular weight is 398 g/mol. The maximum absolute atomic E-state index is 13.2. The number of unbranched alkanes of at least 4 members (excludes halogenated alkanes) is 1. The topological polar surface area (TPSA) is 45.6 Å². The Morgan fingerprint density at radius 3 is 2.31 bits per heavy atom. The summed E-state index contributed by atoms with van der Waals surface area (Å²) in [7, 11) is 1.99. The van der Waals surface area contributed by atoms with E-state index in [4.69, 9.17) is 0 Å². The Morgan fingerprint density at radius 1 is 1.07 bits per heavy atom. The van der Waals surface area contributed by atoms with Gasteiger partial charge in [0.05, 0.1) is 6.54 Å². The first-order valence-corrected chi connectivity index (χ1v) is 10.6. The Morgan fingerprint density at radius 2 is 1.76 bits per heavy atom. The van der Waals surface area contributed by atoms with Crippen molar-refractivity contribution in [1.82, 2.24) is 14.4 Å². The van der Waals surface area contributed by atoms with Crippen LogP contribution in [0.5, 0.6) is 0 Å². The number of aryl methyl sites for hydroxylation is 2. The molecule has 0 unspecified atom stereocenters. The molecule has 2 rings (SSSR count). The number of amides is 2. The van der Waals surface area contributed by atoms with E-state index in [1.807, 2.05) is 66.0 Å². The molecule has 5 nitrogen and oxygen atoms in total. The first-order valence-electron chi connectivity index (χ1n) is 10.6. The van der Waals surface area contributed by atoms with E-state index in [1.54, 1.807) is 4.90 Å². The molecule has 29 heavy (non-hydrogen) atoms. The van der Waals surface area contributed by atoms with E-state index in [-0.39, 0.29) is 18.4 Å². The molecule has 2 aromatic rings. The van der Waals surface area contributed by atoms with Crippen LogP contribution >= 0.6 is 0 Å². The molecule has 0 bridgehead atoms. The molecule has 5 heteroatoms. The van der Waals surface area contributed by atoms with Gasteiger partial charge in [0.15, 0.2) is 0 Å². The van der Waals surface area contributed by atoms with Crippen LogP contribution in [0.2, 0.25) is 0 Å². The van der Waals surface area contributed by atoms with Crippen molar-refractivity contribution in [2.45, 2.75) is 47.1 Å². The lowest BCUT2D eigenvalue weighted by atomic mass is 10.1. The van der Waals surface area contributed by atoms with Gasteiger partial charge in [0.25, 0.3) is 5.91 Å². The molecule has 0 saturated carbocycles. The van der Waals surface area contributed by atoms with Crippen molar-refractivity contribution in [2.24, 2.45) is 13.0 Å². The van der Waals surface area contributed by atoms with Crippen molar-refractivity contribution in [2.75, 3.05) is 19.6 Å². The summed E-state index contributed by atoms with van der Waals surface area (Å²) in [6.07, 6.45) is 3.85. The molecule has 1 aromatic carbocycles. The fourth-order valence-electron chi connectivity index (χ4n) is 3.29. The van der Waals surface area contributed by atoms with Crippen LogP contribution in [-0.4, -0.2) is 45.8 Å². The predicted molar refractivity (Wildman–Crippen MR) is 118 cm³/mol. The van der Waals surface area contributed by atoms with Gasteiger partial charge in [0, 0.05) is 37.6 Å². The molecule has 0 aliphatic heterocycles. The highest BCUT2D eigenvalue weighted by Crippen LogP contribution is 2.12. The number of rotatable bonds is 10. The summed E-state index contributed by atoms with van der Waals surface area (Å²) in [6, 6.07) is 11.6. The highest BCUT2D eigenvalue weighted by molar-refractivity contribution is 5.96. The van der Waals surface area contributed by atoms with E-state index < -0.39 is 0 Å². The van der Waals surface area contributed by atoms with Crippen LogP contribution in [0, 0.1) is 12.8 Å². The van der Waals surface area contributed by atoms with Gasteiger partial charge < -0.3 is 14.4 Å². The molecule has 1 heterocycles. The van der Waals surface area contributed by atoms with Crippen molar-refractivity contribution in [3.8, 4) is 0 Å². The zero-order chi connectivity index (χ0) is 21.4. The molecule has 1 aromatic heterocycles. The summed E-state index contributed by atoms with van der Waals surface area (Å²) >= 11 is 0. The van der Waals surface area contributed by atoms with E-state index in [0.29, 0.717) is 31.1 Å². The Balaban J connectivity index is 2.17. The fraction of sp³-hybridized carbons (Fsp3) is 0.500. The summed E-state index contributed by atoms with van der Waals surface area (Å²) in [6.45, 7) is 10.2. The van der Waals surface area contributed by atoms with Gasteiger partial charge in [-0.05, 0) is 43.5 Å². The second-order valence-electron chi connectivity index (χ2n) is 8.22. The minimum atomic E-state index is -0.0739. The molecular weight excluding hydrogens is 362 g/mol. The molecule has 0 radical (unpaired) electrons. The van der Waals surface area contributed by atoms with Gasteiger partial charge in [-0.15, -0.1) is 0 Å². The van der Waals surface area contributed by atoms with E-state index in [9.17, 15) is 9.59 Å². The van der Waals surface area contributed by atoms with Gasteiger partial charge >= 0.3 is 0 Å². The number of aromatic nitrogens is 1. The van der Waals surface area contributed by atoms with E-state index in [1.165, 1.54) is 0 Å². The summed E-state index contributed by atoms with van der Waals surface area (Å²) in [4.78, 5) is 29.8. The SMILES string of the molecule is CCCCN(CC(=O)N(Cc1cccn1C)CC(C)C)C(=O)c1ccc(C)cc1. The van der Waals surface area contributed by atoms with Gasteiger partial charge in [-0.25, -0.2) is 0 Å². The van der Waals surface area contributed by atoms with Crippen LogP contribution in [0.1, 0.15) is 55.2 Å². The van der Waals surface area contributed by atoms with Crippen molar-refractivity contribution >= 4 is 11.8 Å². The number of benzene rings is 1. The third-order valence-corrected chi connectivity index (χ3v) is 5.04. The molecule has 158 valence electrons. The van der Waals surface area contributed by atoms with Gasteiger partial charge in [0.2, 0.25) is 5.91 Å². The molecule has 2 amide bonds. The molecular formula is C24H35N3O2. The molecule has 0 spiro atoms. The molecule has 0 N–H and O–H groups in total. The monoisotopic (exact) mass is 397 g/mol. The minimum absolute atomic E-state index is 0.00327. The number of carbonyl (C=O) groups is 2. The lowest BCUT2D eigenvalue weighted by Crippen LogP contribution is -2.44. The molecule has 0 fully saturated rings. The van der Waals surface area contributed by atoms with Crippen LogP contribution in [0.15, 0.2) is 42.6 Å². The fourth-order valence-corrected chi connectivity index (χ4v) is 3.29. The molecule has 0 aliphatic rings. The summed E-state index contributed by atoms with van der Waals surface area (Å²) in [5.41, 5.74) is 2.84. The lowest BCUT2D eigenvalue weighted by Gasteiger charge is -2.29. The first kappa shape index (κ1) is 22.7. The quantitative estimate of drug-likeness (QED) is 0.601. The average Bonchev–Trinajstić information content (AvgIpc) is 3.08. The lowest BCUT2D eigenvalue weighted by molar-refractivity contribution is -0.133. The Bertz CT molecular complexity index is 793. The maximum atomic E-state index is 13.2. The molecule has 0 atom stereocenters. The standard InChI is InChI=1S/C24H35N3O2/c1-6-7-15-26(24(29)21-12-10-20(4)11-13-21)18-23(28)27(16-19(2)3)17-22-9-8-14-25(22)5/h8-14,19H,6-7,15-18H2,1-5H3. The van der Waals surface area contributed by atoms with Crippen molar-refractivity contribution in [3.05, 3.63) is 59.4 Å². The zero-order valence-corrected chi connectivity index (χ0v) is 18.5. The van der Waals surface area contributed by atoms with Crippen molar-refractivity contribution in [3.63, 3.8) is 0 Å². The minimum Gasteiger partial charge on any atom is -0.353 e. The Hall–Kier alpha value is -2.56. The number of hydrogen-bond acceptors (Lipinski definition) is 2. The highest BCUT2D eigenvalue weighted by atomic mass is 16.2. The van der Waals surface area contributed by atoms with Crippen molar-refractivity contribution in [1.29, 1.82) is 0 Å². The maximum Gasteiger partial charge on any atom is 0.254 e. The third kappa shape index (κ3) is 6.77. The summed E-state index contributed by atoms with van der Waals surface area (Å²) in [5, 5.41) is 0. The van der Waals surface area contributed by atoms with Crippen LogP contribution in [0.3, 0.4) is 0 Å². The number of nitrogens with zero attached hydrogens (tertiary/aromatic N) is 3.